The third-order valence-corrected chi connectivity index (χ3v) is 5.53. The fraction of sp³-hybridized carbons (Fsp3) is 0.379. The van der Waals surface area contributed by atoms with Crippen molar-refractivity contribution in [2.24, 2.45) is 0 Å². The molecule has 0 aromatic heterocycles. The van der Waals surface area contributed by atoms with Crippen LogP contribution in [0.5, 0.6) is 0 Å². The molecule has 0 heterocycles. The van der Waals surface area contributed by atoms with E-state index in [1.807, 2.05) is 0 Å². The van der Waals surface area contributed by atoms with E-state index in [-0.39, 0.29) is 35.6 Å². The summed E-state index contributed by atoms with van der Waals surface area (Å²) in [6.45, 7) is 17.8. The summed E-state index contributed by atoms with van der Waals surface area (Å²) in [5, 5.41) is 0. The first-order chi connectivity index (χ1) is 13.9. The Morgan fingerprint density at radius 1 is 0.781 bits per heavy atom. The van der Waals surface area contributed by atoms with Crippen LogP contribution in [0.4, 0.5) is 0 Å². The summed E-state index contributed by atoms with van der Waals surface area (Å²) < 4.78 is 3.34. The molecule has 0 saturated carbocycles. The van der Waals surface area contributed by atoms with E-state index in [0.29, 0.717) is 0 Å². The molecule has 172 valence electrons. The van der Waals surface area contributed by atoms with Crippen molar-refractivity contribution in [3.05, 3.63) is 88.0 Å². The van der Waals surface area contributed by atoms with Crippen molar-refractivity contribution < 1.29 is 49.0 Å². The molecule has 0 radical (unpaired) electrons. The Labute approximate surface area is 223 Å². The van der Waals surface area contributed by atoms with E-state index in [1.54, 1.807) is 0 Å². The van der Waals surface area contributed by atoms with Crippen LogP contribution in [0, 0.1) is 19.9 Å². The molecule has 0 nitrogen and oxygen atoms in total. The average molecular weight is 547 g/mol. The molecule has 4 rings (SSSR count). The Hall–Kier alpha value is -0.877. The van der Waals surface area contributed by atoms with Crippen molar-refractivity contribution in [2.75, 3.05) is 0 Å². The molecule has 3 heteroatoms. The van der Waals surface area contributed by atoms with Crippen molar-refractivity contribution in [3.63, 3.8) is 0 Å². The first-order valence-electron chi connectivity index (χ1n) is 10.7. The standard InChI is InChI=1S/C21H25.C7H9.CH2.2ClH.Zr/c1-20(2,3)16-7-9-18-14(12-16)11-15-13-17(21(4,5)6)8-10-19(15)18;1-6-3-4-7(2)5-6;;;;/h7-10,12H,11H2,1-6H3;3-5H,1-2H3;1H2;2*1H;/q2*-1;;;;+2/p-2. The van der Waals surface area contributed by atoms with E-state index in [1.165, 1.54) is 68.7 Å². The van der Waals surface area contributed by atoms with E-state index in [9.17, 15) is 0 Å². The second kappa shape index (κ2) is 12.5. The number of hydrogen-bond acceptors (Lipinski definition) is 0. The van der Waals surface area contributed by atoms with Crippen LogP contribution in [0.15, 0.2) is 48.5 Å². The van der Waals surface area contributed by atoms with Crippen LogP contribution in [-0.2, 0) is 41.5 Å². The van der Waals surface area contributed by atoms with Gasteiger partial charge >= 0.3 is 28.4 Å². The molecule has 3 aromatic rings. The summed E-state index contributed by atoms with van der Waals surface area (Å²) in [6, 6.07) is 21.6. The van der Waals surface area contributed by atoms with Gasteiger partial charge in [0.05, 0.1) is 0 Å². The van der Waals surface area contributed by atoms with Gasteiger partial charge in [-0.2, -0.15) is 41.0 Å². The molecule has 0 aliphatic heterocycles. The fourth-order valence-corrected chi connectivity index (χ4v) is 3.75. The van der Waals surface area contributed by atoms with Gasteiger partial charge in [0.1, 0.15) is 0 Å². The number of rotatable bonds is 0. The molecule has 0 amide bonds. The van der Waals surface area contributed by atoms with E-state index < -0.39 is 0 Å². The van der Waals surface area contributed by atoms with Crippen LogP contribution in [-0.4, -0.2) is 4.21 Å². The Balaban J connectivity index is 0.000000745. The van der Waals surface area contributed by atoms with Gasteiger partial charge in [-0.3, -0.25) is 0 Å². The van der Waals surface area contributed by atoms with Crippen LogP contribution in [0.2, 0.25) is 0 Å². The monoisotopic (exact) mass is 544 g/mol. The van der Waals surface area contributed by atoms with Crippen molar-refractivity contribution in [1.29, 1.82) is 0 Å². The molecule has 0 spiro atoms. The number of benzene rings is 2. The predicted molar refractivity (Wildman–Crippen MR) is 130 cm³/mol. The summed E-state index contributed by atoms with van der Waals surface area (Å²) in [5.74, 6) is 0. The van der Waals surface area contributed by atoms with E-state index in [2.05, 4.69) is 114 Å². The van der Waals surface area contributed by atoms with Gasteiger partial charge in [0, 0.05) is 0 Å². The minimum atomic E-state index is 0. The number of fused-ring (bicyclic) bond motifs is 3. The fourth-order valence-electron chi connectivity index (χ4n) is 3.75. The van der Waals surface area contributed by atoms with Crippen LogP contribution in [0.25, 0.3) is 11.1 Å². The summed E-state index contributed by atoms with van der Waals surface area (Å²) in [6.07, 6.45) is 1.03. The maximum atomic E-state index is 3.67. The minimum Gasteiger partial charge on any atom is -1.00 e. The zero-order valence-corrected chi connectivity index (χ0v) is 24.8. The summed E-state index contributed by atoms with van der Waals surface area (Å²) in [5.41, 5.74) is 11.4. The first kappa shape index (κ1) is 31.1. The van der Waals surface area contributed by atoms with Crippen LogP contribution in [0.1, 0.15) is 74.9 Å². The smallest absolute Gasteiger partial charge is 1.00 e. The van der Waals surface area contributed by atoms with Gasteiger partial charge in [-0.05, 0) is 28.4 Å². The topological polar surface area (TPSA) is 0 Å². The Kier molecular flexibility index (Phi) is 12.2. The zero-order chi connectivity index (χ0) is 22.7. The maximum Gasteiger partial charge on any atom is -1.00 e. The summed E-state index contributed by atoms with van der Waals surface area (Å²) >= 11 is 1.30. The summed E-state index contributed by atoms with van der Waals surface area (Å²) in [4.78, 5) is 0. The third-order valence-electron chi connectivity index (χ3n) is 5.53. The van der Waals surface area contributed by atoms with Gasteiger partial charge in [-0.1, -0.05) is 79.2 Å². The van der Waals surface area contributed by atoms with Gasteiger partial charge in [-0.15, -0.1) is 11.1 Å². The molecule has 32 heavy (non-hydrogen) atoms. The molecule has 0 atom stereocenters. The van der Waals surface area contributed by atoms with E-state index in [4.69, 9.17) is 0 Å². The SMILES string of the molecule is CC(C)(C)c1[c-]c2c(cc1)-c1ccc(C(C)(C)C)cc1C2.Cc1ccc(C)[cH-]1.[CH2]=[Zr+2].[Cl-].[Cl-]. The number of aryl methyl sites for hydroxylation is 2. The number of hydrogen-bond donors (Lipinski definition) is 0. The molecule has 0 N–H and O–H groups in total. The van der Waals surface area contributed by atoms with Crippen molar-refractivity contribution in [2.45, 2.75) is 72.6 Å². The van der Waals surface area contributed by atoms with Crippen molar-refractivity contribution in [1.82, 2.24) is 0 Å². The Morgan fingerprint density at radius 3 is 1.75 bits per heavy atom. The largest absolute Gasteiger partial charge is 1.00 e. The van der Waals surface area contributed by atoms with Crippen LogP contribution >= 0.6 is 0 Å². The molecule has 1 aliphatic carbocycles. The molecule has 0 fully saturated rings. The quantitative estimate of drug-likeness (QED) is 0.295. The van der Waals surface area contributed by atoms with Gasteiger partial charge in [0.15, 0.2) is 0 Å². The Bertz CT molecular complexity index is 923. The van der Waals surface area contributed by atoms with Crippen molar-refractivity contribution in [3.8, 4) is 11.1 Å². The van der Waals surface area contributed by atoms with Crippen molar-refractivity contribution >= 4 is 4.21 Å². The molecule has 3 aromatic carbocycles. The molecular weight excluding hydrogens is 510 g/mol. The normalized spacial score (nSPS) is 11.4. The second-order valence-electron chi connectivity index (χ2n) is 10.3. The molecule has 1 aliphatic rings. The molecule has 0 bridgehead atoms. The van der Waals surface area contributed by atoms with Gasteiger partial charge in [0.2, 0.25) is 0 Å². The van der Waals surface area contributed by atoms with E-state index >= 15 is 0 Å². The van der Waals surface area contributed by atoms with Gasteiger partial charge < -0.3 is 24.8 Å². The van der Waals surface area contributed by atoms with Gasteiger partial charge in [-0.25, -0.2) is 12.1 Å². The molecule has 0 unspecified atom stereocenters. The van der Waals surface area contributed by atoms with Crippen LogP contribution < -0.4 is 24.8 Å². The average Bonchev–Trinajstić information content (AvgIpc) is 3.23. The first-order valence-corrected chi connectivity index (χ1v) is 12.4. The Morgan fingerprint density at radius 2 is 1.31 bits per heavy atom. The third kappa shape index (κ3) is 7.86. The van der Waals surface area contributed by atoms with Crippen LogP contribution in [0.3, 0.4) is 0 Å². The molecular formula is C29H36Cl2Zr-2. The summed E-state index contributed by atoms with van der Waals surface area (Å²) in [7, 11) is 0. The molecule has 0 saturated heterocycles. The number of halogens is 2. The second-order valence-corrected chi connectivity index (χ2v) is 10.3. The zero-order valence-electron chi connectivity index (χ0n) is 20.8. The van der Waals surface area contributed by atoms with E-state index in [0.717, 1.165) is 6.42 Å². The minimum absolute atomic E-state index is 0. The predicted octanol–water partition coefficient (Wildman–Crippen LogP) is 1.65. The maximum absolute atomic E-state index is 3.67. The van der Waals surface area contributed by atoms with Gasteiger partial charge in [0.25, 0.3) is 0 Å².